The summed E-state index contributed by atoms with van der Waals surface area (Å²) in [5, 5.41) is 14.7. The molecule has 0 spiro atoms. The summed E-state index contributed by atoms with van der Waals surface area (Å²) in [6.07, 6.45) is -3.17. The number of benzene rings is 2. The summed E-state index contributed by atoms with van der Waals surface area (Å²) >= 11 is 0. The molecule has 0 saturated carbocycles. The summed E-state index contributed by atoms with van der Waals surface area (Å²) in [7, 11) is 0. The third-order valence-electron chi connectivity index (χ3n) is 6.23. The molecule has 2 aromatic carbocycles. The number of aromatic nitrogens is 3. The zero-order valence-corrected chi connectivity index (χ0v) is 20.6. The van der Waals surface area contributed by atoms with Gasteiger partial charge in [0.15, 0.2) is 5.82 Å². The third kappa shape index (κ3) is 6.35. The highest BCUT2D eigenvalue weighted by atomic mass is 19.4. The number of hydrogen-bond donors (Lipinski definition) is 2. The fourth-order valence-electron chi connectivity index (χ4n) is 4.22. The highest BCUT2D eigenvalue weighted by Crippen LogP contribution is 2.26. The molecule has 1 amide bonds. The number of carbonyl (C=O) groups is 1. The van der Waals surface area contributed by atoms with Gasteiger partial charge in [0, 0.05) is 43.1 Å². The molecular weight excluding hydrogens is 513 g/mol. The van der Waals surface area contributed by atoms with Crippen LogP contribution in [0.2, 0.25) is 0 Å². The van der Waals surface area contributed by atoms with E-state index in [2.05, 4.69) is 35.4 Å². The molecule has 3 aromatic rings. The maximum atomic E-state index is 12.5. The van der Waals surface area contributed by atoms with E-state index < -0.39 is 18.5 Å². The Morgan fingerprint density at radius 3 is 2.41 bits per heavy atom. The number of carbonyl (C=O) groups excluding carboxylic acids is 1. The monoisotopic (exact) mass is 536 g/mol. The Morgan fingerprint density at radius 1 is 1.05 bits per heavy atom. The minimum Gasteiger partial charge on any atom is -0.493 e. The van der Waals surface area contributed by atoms with Crippen LogP contribution >= 0.6 is 0 Å². The van der Waals surface area contributed by atoms with Gasteiger partial charge in [-0.25, -0.2) is 9.97 Å². The zero-order valence-electron chi connectivity index (χ0n) is 20.6. The molecule has 1 aromatic heterocycles. The molecule has 0 radical (unpaired) electrons. The van der Waals surface area contributed by atoms with Gasteiger partial charge in [0.05, 0.1) is 16.9 Å². The molecule has 1 saturated heterocycles. The number of piperazine rings is 1. The highest BCUT2D eigenvalue weighted by molar-refractivity contribution is 5.93. The topological polar surface area (TPSA) is 119 Å². The van der Waals surface area contributed by atoms with Crippen molar-refractivity contribution in [3.05, 3.63) is 66.3 Å². The lowest BCUT2D eigenvalue weighted by Gasteiger charge is -2.39. The van der Waals surface area contributed by atoms with Crippen molar-refractivity contribution in [3.8, 4) is 17.5 Å². The molecule has 2 aliphatic heterocycles. The van der Waals surface area contributed by atoms with Gasteiger partial charge in [-0.1, -0.05) is 0 Å². The maximum absolute atomic E-state index is 12.5. The lowest BCUT2D eigenvalue weighted by molar-refractivity contribution is -0.150. The van der Waals surface area contributed by atoms with Gasteiger partial charge in [-0.15, -0.1) is 0 Å². The molecule has 3 heterocycles. The number of nitriles is 1. The van der Waals surface area contributed by atoms with E-state index in [-0.39, 0.29) is 23.0 Å². The number of amides is 1. The largest absolute Gasteiger partial charge is 0.493 e. The smallest absolute Gasteiger partial charge is 0.397 e. The van der Waals surface area contributed by atoms with E-state index >= 15 is 0 Å². The third-order valence-corrected chi connectivity index (χ3v) is 6.23. The Morgan fingerprint density at radius 2 is 1.77 bits per heavy atom. The Kier molecular flexibility index (Phi) is 7.18. The molecule has 0 aliphatic carbocycles. The quantitative estimate of drug-likeness (QED) is 0.461. The SMILES string of the molecule is N#Cc1cc(-c2ncnc(Nc3ccc(N4CCN(C5=COC5)CC4)cc3)n2)ccc1NC(=O)CC(F)(F)F. The van der Waals surface area contributed by atoms with E-state index in [1.807, 2.05) is 36.6 Å². The van der Waals surface area contributed by atoms with E-state index in [1.165, 1.54) is 30.2 Å². The lowest BCUT2D eigenvalue weighted by Crippen LogP contribution is -2.47. The van der Waals surface area contributed by atoms with Crippen LogP contribution in [0.1, 0.15) is 12.0 Å². The first-order valence-electron chi connectivity index (χ1n) is 12.1. The van der Waals surface area contributed by atoms with E-state index in [4.69, 9.17) is 4.74 Å². The van der Waals surface area contributed by atoms with Crippen molar-refractivity contribution < 1.29 is 22.7 Å². The van der Waals surface area contributed by atoms with Crippen LogP contribution in [0, 0.1) is 11.3 Å². The van der Waals surface area contributed by atoms with Crippen molar-refractivity contribution in [1.29, 1.82) is 5.26 Å². The standard InChI is InChI=1S/C26H23F3N8O2/c27-26(28,29)12-23(38)34-22-6-1-17(11-18(22)13-30)24-31-16-32-25(35-24)33-19-2-4-20(5-3-19)36-7-9-37(10-8-36)21-14-39-15-21/h1-6,11,14,16H,7-10,12,15H2,(H,34,38)(H,31,32,33,35). The predicted molar refractivity (Wildman–Crippen MR) is 137 cm³/mol. The van der Waals surface area contributed by atoms with Gasteiger partial charge >= 0.3 is 6.18 Å². The first-order chi connectivity index (χ1) is 18.8. The van der Waals surface area contributed by atoms with E-state index in [0.717, 1.165) is 37.6 Å². The highest BCUT2D eigenvalue weighted by Gasteiger charge is 2.31. The number of hydrogen-bond acceptors (Lipinski definition) is 9. The van der Waals surface area contributed by atoms with Crippen molar-refractivity contribution >= 4 is 28.9 Å². The van der Waals surface area contributed by atoms with Crippen LogP contribution in [0.5, 0.6) is 0 Å². The Bertz CT molecular complexity index is 1430. The number of nitrogens with zero attached hydrogens (tertiary/aromatic N) is 6. The van der Waals surface area contributed by atoms with Crippen LogP contribution in [0.4, 0.5) is 36.2 Å². The molecular formula is C26H23F3N8O2. The molecule has 0 unspecified atom stereocenters. The fourth-order valence-corrected chi connectivity index (χ4v) is 4.22. The van der Waals surface area contributed by atoms with E-state index in [0.29, 0.717) is 12.2 Å². The average Bonchev–Trinajstić information content (AvgIpc) is 2.88. The number of halogens is 3. The Balaban J connectivity index is 1.23. The average molecular weight is 537 g/mol. The molecule has 1 fully saturated rings. The van der Waals surface area contributed by atoms with Crippen molar-refractivity contribution in [2.45, 2.75) is 12.6 Å². The van der Waals surface area contributed by atoms with Crippen LogP contribution in [-0.2, 0) is 9.53 Å². The second-order valence-corrected chi connectivity index (χ2v) is 8.91. The molecule has 2 N–H and O–H groups in total. The van der Waals surface area contributed by atoms with Gasteiger partial charge in [-0.2, -0.15) is 23.4 Å². The first-order valence-corrected chi connectivity index (χ1v) is 12.1. The van der Waals surface area contributed by atoms with Crippen LogP contribution in [0.15, 0.2) is 60.8 Å². The van der Waals surface area contributed by atoms with Crippen LogP contribution < -0.4 is 15.5 Å². The number of anilines is 4. The second kappa shape index (κ2) is 10.9. The van der Waals surface area contributed by atoms with Crippen LogP contribution in [0.25, 0.3) is 11.4 Å². The van der Waals surface area contributed by atoms with Crippen LogP contribution in [-0.4, -0.2) is 64.7 Å². The minimum atomic E-state index is -4.65. The minimum absolute atomic E-state index is 0.0212. The molecule has 200 valence electrons. The molecule has 39 heavy (non-hydrogen) atoms. The molecule has 13 heteroatoms. The number of ether oxygens (including phenoxy) is 1. The zero-order chi connectivity index (χ0) is 27.4. The second-order valence-electron chi connectivity index (χ2n) is 8.91. The van der Waals surface area contributed by atoms with Gasteiger partial charge in [-0.3, -0.25) is 4.79 Å². The summed E-state index contributed by atoms with van der Waals surface area (Å²) in [6, 6.07) is 14.0. The molecule has 0 atom stereocenters. The first kappa shape index (κ1) is 25.8. The predicted octanol–water partition coefficient (Wildman–Crippen LogP) is 4.04. The summed E-state index contributed by atoms with van der Waals surface area (Å²) < 4.78 is 42.5. The van der Waals surface area contributed by atoms with Gasteiger partial charge < -0.3 is 25.2 Å². The van der Waals surface area contributed by atoms with Gasteiger partial charge in [-0.05, 0) is 42.5 Å². The lowest BCUT2D eigenvalue weighted by atomic mass is 10.1. The number of rotatable bonds is 7. The normalized spacial score (nSPS) is 15.0. The number of nitrogens with one attached hydrogen (secondary N) is 2. The molecule has 2 aliphatic rings. The summed E-state index contributed by atoms with van der Waals surface area (Å²) in [5.74, 6) is -0.731. The summed E-state index contributed by atoms with van der Waals surface area (Å²) in [4.78, 5) is 29.0. The van der Waals surface area contributed by atoms with Gasteiger partial charge in [0.25, 0.3) is 0 Å². The van der Waals surface area contributed by atoms with Crippen molar-refractivity contribution in [3.63, 3.8) is 0 Å². The molecule has 5 rings (SSSR count). The van der Waals surface area contributed by atoms with Crippen LogP contribution in [0.3, 0.4) is 0 Å². The fraction of sp³-hybridized carbons (Fsp3) is 0.269. The summed E-state index contributed by atoms with van der Waals surface area (Å²) in [5.41, 5.74) is 3.52. The van der Waals surface area contributed by atoms with E-state index in [9.17, 15) is 23.2 Å². The van der Waals surface area contributed by atoms with Crippen molar-refractivity contribution in [1.82, 2.24) is 19.9 Å². The molecule has 10 nitrogen and oxygen atoms in total. The Labute approximate surface area is 221 Å². The van der Waals surface area contributed by atoms with Gasteiger partial charge in [0.1, 0.15) is 31.7 Å². The van der Waals surface area contributed by atoms with E-state index in [1.54, 1.807) is 0 Å². The Hall–Kier alpha value is -4.86. The summed E-state index contributed by atoms with van der Waals surface area (Å²) in [6.45, 7) is 4.40. The number of alkyl halides is 3. The maximum Gasteiger partial charge on any atom is 0.397 e. The van der Waals surface area contributed by atoms with Crippen molar-refractivity contribution in [2.24, 2.45) is 0 Å². The molecule has 0 bridgehead atoms. The van der Waals surface area contributed by atoms with Crippen molar-refractivity contribution in [2.75, 3.05) is 48.3 Å². The van der Waals surface area contributed by atoms with Gasteiger partial charge in [0.2, 0.25) is 11.9 Å².